The van der Waals surface area contributed by atoms with Crippen molar-refractivity contribution in [3.05, 3.63) is 59.7 Å². The van der Waals surface area contributed by atoms with Crippen LogP contribution in [-0.4, -0.2) is 38.1 Å². The average molecular weight is 338 g/mol. The molecule has 2 aromatic carbocycles. The van der Waals surface area contributed by atoms with Gasteiger partial charge in [0, 0.05) is 32.4 Å². The number of anilines is 1. The molecule has 0 bridgehead atoms. The number of hydrogen-bond acceptors (Lipinski definition) is 3. The zero-order valence-electron chi connectivity index (χ0n) is 15.1. The van der Waals surface area contributed by atoms with Gasteiger partial charge in [0.15, 0.2) is 0 Å². The summed E-state index contributed by atoms with van der Waals surface area (Å²) in [5.41, 5.74) is 2.91. The Morgan fingerprint density at radius 3 is 2.60 bits per heavy atom. The first-order valence-electron chi connectivity index (χ1n) is 8.91. The standard InChI is InChI=1S/C21H26N2O2/c1-22(16-17-9-8-10-18(15-17)25-2)21(24)19-11-4-5-12-20(19)23-13-6-3-7-14-23/h4-5,8-12,15H,3,6-7,13-14,16H2,1-2H3. The number of carbonyl (C=O) groups is 1. The number of piperidine rings is 1. The van der Waals surface area contributed by atoms with Crippen molar-refractivity contribution in [3.63, 3.8) is 0 Å². The Labute approximate surface area is 150 Å². The second-order valence-electron chi connectivity index (χ2n) is 6.58. The summed E-state index contributed by atoms with van der Waals surface area (Å²) in [6, 6.07) is 15.8. The van der Waals surface area contributed by atoms with Crippen molar-refractivity contribution in [2.45, 2.75) is 25.8 Å². The lowest BCUT2D eigenvalue weighted by atomic mass is 10.1. The van der Waals surface area contributed by atoms with Crippen LogP contribution in [0.3, 0.4) is 0 Å². The molecule has 0 N–H and O–H groups in total. The van der Waals surface area contributed by atoms with Crippen molar-refractivity contribution in [1.82, 2.24) is 4.90 Å². The normalized spacial score (nSPS) is 14.2. The Bertz CT molecular complexity index is 723. The summed E-state index contributed by atoms with van der Waals surface area (Å²) in [7, 11) is 3.51. The van der Waals surface area contributed by atoms with E-state index in [9.17, 15) is 4.79 Å². The van der Waals surface area contributed by atoms with Gasteiger partial charge in [0.05, 0.1) is 12.7 Å². The van der Waals surface area contributed by atoms with Gasteiger partial charge in [-0.2, -0.15) is 0 Å². The van der Waals surface area contributed by atoms with Gasteiger partial charge in [-0.1, -0.05) is 24.3 Å². The molecule has 0 atom stereocenters. The van der Waals surface area contributed by atoms with Crippen molar-refractivity contribution in [1.29, 1.82) is 0 Å². The lowest BCUT2D eigenvalue weighted by molar-refractivity contribution is 0.0785. The average Bonchev–Trinajstić information content (AvgIpc) is 2.68. The van der Waals surface area contributed by atoms with Gasteiger partial charge in [0.25, 0.3) is 5.91 Å². The summed E-state index contributed by atoms with van der Waals surface area (Å²) in [5, 5.41) is 0. The van der Waals surface area contributed by atoms with Gasteiger partial charge in [-0.3, -0.25) is 4.79 Å². The van der Waals surface area contributed by atoms with Crippen LogP contribution >= 0.6 is 0 Å². The van der Waals surface area contributed by atoms with E-state index < -0.39 is 0 Å². The fourth-order valence-corrected chi connectivity index (χ4v) is 3.39. The first-order chi connectivity index (χ1) is 12.2. The lowest BCUT2D eigenvalue weighted by Gasteiger charge is -2.31. The number of methoxy groups -OCH3 is 1. The molecule has 1 fully saturated rings. The van der Waals surface area contributed by atoms with E-state index in [0.717, 1.165) is 35.7 Å². The maximum Gasteiger partial charge on any atom is 0.256 e. The van der Waals surface area contributed by atoms with Crippen molar-refractivity contribution in [2.24, 2.45) is 0 Å². The minimum atomic E-state index is 0.0593. The molecular weight excluding hydrogens is 312 g/mol. The monoisotopic (exact) mass is 338 g/mol. The molecule has 4 heteroatoms. The minimum Gasteiger partial charge on any atom is -0.497 e. The second kappa shape index (κ2) is 8.06. The molecule has 1 heterocycles. The van der Waals surface area contributed by atoms with Gasteiger partial charge in [0.1, 0.15) is 5.75 Å². The maximum atomic E-state index is 13.0. The molecule has 0 aliphatic carbocycles. The summed E-state index contributed by atoms with van der Waals surface area (Å²) in [6.45, 7) is 2.62. The quantitative estimate of drug-likeness (QED) is 0.827. The van der Waals surface area contributed by atoms with E-state index in [4.69, 9.17) is 4.74 Å². The summed E-state index contributed by atoms with van der Waals surface area (Å²) >= 11 is 0. The lowest BCUT2D eigenvalue weighted by Crippen LogP contribution is -2.33. The van der Waals surface area contributed by atoms with E-state index in [-0.39, 0.29) is 5.91 Å². The van der Waals surface area contributed by atoms with Crippen LogP contribution in [0, 0.1) is 0 Å². The highest BCUT2D eigenvalue weighted by Crippen LogP contribution is 2.25. The van der Waals surface area contributed by atoms with Gasteiger partial charge >= 0.3 is 0 Å². The van der Waals surface area contributed by atoms with E-state index >= 15 is 0 Å². The largest absolute Gasteiger partial charge is 0.497 e. The van der Waals surface area contributed by atoms with Crippen LogP contribution in [0.15, 0.2) is 48.5 Å². The van der Waals surface area contributed by atoms with Crippen LogP contribution in [0.25, 0.3) is 0 Å². The van der Waals surface area contributed by atoms with Crippen molar-refractivity contribution in [3.8, 4) is 5.75 Å². The Hall–Kier alpha value is -2.49. The number of hydrogen-bond donors (Lipinski definition) is 0. The molecule has 0 radical (unpaired) electrons. The molecule has 4 nitrogen and oxygen atoms in total. The molecule has 0 aromatic heterocycles. The molecule has 1 saturated heterocycles. The molecule has 132 valence electrons. The summed E-state index contributed by atoms with van der Waals surface area (Å²) < 4.78 is 5.27. The number of rotatable bonds is 5. The number of amides is 1. The minimum absolute atomic E-state index is 0.0593. The number of ether oxygens (including phenoxy) is 1. The van der Waals surface area contributed by atoms with Crippen molar-refractivity contribution in [2.75, 3.05) is 32.1 Å². The summed E-state index contributed by atoms with van der Waals surface area (Å²) in [6.07, 6.45) is 3.67. The Balaban J connectivity index is 1.77. The van der Waals surface area contributed by atoms with Gasteiger partial charge in [-0.05, 0) is 49.1 Å². The fourth-order valence-electron chi connectivity index (χ4n) is 3.39. The van der Waals surface area contributed by atoms with Crippen LogP contribution in [0.4, 0.5) is 5.69 Å². The third kappa shape index (κ3) is 4.13. The van der Waals surface area contributed by atoms with Crippen LogP contribution in [0.1, 0.15) is 35.2 Å². The zero-order chi connectivity index (χ0) is 17.6. The van der Waals surface area contributed by atoms with Crippen molar-refractivity contribution < 1.29 is 9.53 Å². The van der Waals surface area contributed by atoms with E-state index in [0.29, 0.717) is 6.54 Å². The third-order valence-electron chi connectivity index (χ3n) is 4.73. The molecule has 1 aliphatic rings. The smallest absolute Gasteiger partial charge is 0.256 e. The van der Waals surface area contributed by atoms with Gasteiger partial charge in [-0.25, -0.2) is 0 Å². The van der Waals surface area contributed by atoms with Gasteiger partial charge in [-0.15, -0.1) is 0 Å². The fraction of sp³-hybridized carbons (Fsp3) is 0.381. The molecule has 1 aliphatic heterocycles. The van der Waals surface area contributed by atoms with Crippen LogP contribution in [0.2, 0.25) is 0 Å². The Morgan fingerprint density at radius 1 is 1.08 bits per heavy atom. The van der Waals surface area contributed by atoms with E-state index in [2.05, 4.69) is 11.0 Å². The molecule has 0 spiro atoms. The summed E-state index contributed by atoms with van der Waals surface area (Å²) in [5.74, 6) is 0.871. The van der Waals surface area contributed by atoms with Gasteiger partial charge < -0.3 is 14.5 Å². The van der Waals surface area contributed by atoms with Crippen LogP contribution in [0.5, 0.6) is 5.75 Å². The molecule has 2 aromatic rings. The highest BCUT2D eigenvalue weighted by Gasteiger charge is 2.20. The first kappa shape index (κ1) is 17.3. The van der Waals surface area contributed by atoms with Crippen LogP contribution < -0.4 is 9.64 Å². The second-order valence-corrected chi connectivity index (χ2v) is 6.58. The molecule has 3 rings (SSSR count). The van der Waals surface area contributed by atoms with Crippen LogP contribution in [-0.2, 0) is 6.54 Å². The van der Waals surface area contributed by atoms with E-state index in [1.165, 1.54) is 19.3 Å². The number of carbonyl (C=O) groups excluding carboxylic acids is 1. The topological polar surface area (TPSA) is 32.8 Å². The highest BCUT2D eigenvalue weighted by molar-refractivity contribution is 5.99. The van der Waals surface area contributed by atoms with E-state index in [1.54, 1.807) is 12.0 Å². The Morgan fingerprint density at radius 2 is 1.84 bits per heavy atom. The predicted octanol–water partition coefficient (Wildman–Crippen LogP) is 3.96. The third-order valence-corrected chi connectivity index (χ3v) is 4.73. The molecule has 25 heavy (non-hydrogen) atoms. The van der Waals surface area contributed by atoms with Crippen molar-refractivity contribution >= 4 is 11.6 Å². The predicted molar refractivity (Wildman–Crippen MR) is 101 cm³/mol. The Kier molecular flexibility index (Phi) is 5.59. The maximum absolute atomic E-state index is 13.0. The summed E-state index contributed by atoms with van der Waals surface area (Å²) in [4.78, 5) is 17.2. The molecule has 0 unspecified atom stereocenters. The SMILES string of the molecule is COc1cccc(CN(C)C(=O)c2ccccc2N2CCCCC2)c1. The molecular formula is C21H26N2O2. The number of para-hydroxylation sites is 1. The van der Waals surface area contributed by atoms with E-state index in [1.807, 2.05) is 49.5 Å². The molecule has 1 amide bonds. The number of benzene rings is 2. The highest BCUT2D eigenvalue weighted by atomic mass is 16.5. The molecule has 0 saturated carbocycles. The first-order valence-corrected chi connectivity index (χ1v) is 8.91. The zero-order valence-corrected chi connectivity index (χ0v) is 15.1. The number of nitrogens with zero attached hydrogens (tertiary/aromatic N) is 2. The van der Waals surface area contributed by atoms with Gasteiger partial charge in [0.2, 0.25) is 0 Å².